The third-order valence-corrected chi connectivity index (χ3v) is 3.27. The molecule has 1 aliphatic rings. The summed E-state index contributed by atoms with van der Waals surface area (Å²) in [6, 6.07) is 5.46. The van der Waals surface area contributed by atoms with E-state index in [1.165, 1.54) is 11.0 Å². The van der Waals surface area contributed by atoms with E-state index in [1.807, 2.05) is 19.1 Å². The van der Waals surface area contributed by atoms with Crippen molar-refractivity contribution in [3.63, 3.8) is 0 Å². The minimum absolute atomic E-state index is 0.0581. The predicted molar refractivity (Wildman–Crippen MR) is 81.0 cm³/mol. The summed E-state index contributed by atoms with van der Waals surface area (Å²) in [6.07, 6.45) is 3.07. The van der Waals surface area contributed by atoms with Crippen LogP contribution < -0.4 is 9.47 Å². The molecule has 1 aliphatic heterocycles. The SMILES string of the molecule is CCN(CCC(=O)O)C(=O)C=Cc1ccc2c(c1)OCCO2. The van der Waals surface area contributed by atoms with Crippen LogP contribution in [0.2, 0.25) is 0 Å². The quantitative estimate of drug-likeness (QED) is 0.811. The summed E-state index contributed by atoms with van der Waals surface area (Å²) in [5, 5.41) is 8.68. The molecule has 1 N–H and O–H groups in total. The maximum atomic E-state index is 12.0. The van der Waals surface area contributed by atoms with Crippen molar-refractivity contribution in [3.8, 4) is 11.5 Å². The number of benzene rings is 1. The fraction of sp³-hybridized carbons (Fsp3) is 0.375. The highest BCUT2D eigenvalue weighted by Crippen LogP contribution is 2.31. The summed E-state index contributed by atoms with van der Waals surface area (Å²) in [5.74, 6) is 0.242. The number of hydrogen-bond donors (Lipinski definition) is 1. The van der Waals surface area contributed by atoms with E-state index in [4.69, 9.17) is 14.6 Å². The average Bonchev–Trinajstić information content (AvgIpc) is 2.53. The summed E-state index contributed by atoms with van der Waals surface area (Å²) in [6.45, 7) is 3.54. The molecule has 1 aromatic carbocycles. The molecule has 0 fully saturated rings. The van der Waals surface area contributed by atoms with Gasteiger partial charge in [-0.15, -0.1) is 0 Å². The Balaban J connectivity index is 2.00. The number of likely N-dealkylation sites (N-methyl/N-ethyl adjacent to an activating group) is 1. The van der Waals surface area contributed by atoms with Gasteiger partial charge in [-0.3, -0.25) is 9.59 Å². The van der Waals surface area contributed by atoms with Gasteiger partial charge in [0, 0.05) is 19.2 Å². The lowest BCUT2D eigenvalue weighted by atomic mass is 10.1. The van der Waals surface area contributed by atoms with Crippen molar-refractivity contribution >= 4 is 18.0 Å². The van der Waals surface area contributed by atoms with Crippen molar-refractivity contribution < 1.29 is 24.2 Å². The molecule has 1 amide bonds. The molecule has 0 bridgehead atoms. The van der Waals surface area contributed by atoms with Crippen LogP contribution in [-0.2, 0) is 9.59 Å². The summed E-state index contributed by atoms with van der Waals surface area (Å²) >= 11 is 0. The highest BCUT2D eigenvalue weighted by Gasteiger charge is 2.12. The van der Waals surface area contributed by atoms with Crippen molar-refractivity contribution in [1.82, 2.24) is 4.90 Å². The Labute approximate surface area is 128 Å². The largest absolute Gasteiger partial charge is 0.486 e. The van der Waals surface area contributed by atoms with Gasteiger partial charge in [-0.2, -0.15) is 0 Å². The fourth-order valence-corrected chi connectivity index (χ4v) is 2.09. The van der Waals surface area contributed by atoms with Crippen LogP contribution in [-0.4, -0.2) is 48.2 Å². The lowest BCUT2D eigenvalue weighted by Crippen LogP contribution is -2.31. The van der Waals surface area contributed by atoms with Gasteiger partial charge in [0.1, 0.15) is 13.2 Å². The molecular weight excluding hydrogens is 286 g/mol. The molecule has 1 aromatic rings. The van der Waals surface area contributed by atoms with E-state index < -0.39 is 5.97 Å². The van der Waals surface area contributed by atoms with Gasteiger partial charge in [-0.1, -0.05) is 6.07 Å². The molecule has 0 radical (unpaired) electrons. The number of aliphatic carboxylic acids is 1. The number of carboxylic acids is 1. The van der Waals surface area contributed by atoms with E-state index in [9.17, 15) is 9.59 Å². The number of rotatable bonds is 6. The monoisotopic (exact) mass is 305 g/mol. The van der Waals surface area contributed by atoms with Crippen LogP contribution in [0, 0.1) is 0 Å². The highest BCUT2D eigenvalue weighted by molar-refractivity contribution is 5.92. The maximum Gasteiger partial charge on any atom is 0.305 e. The first-order valence-corrected chi connectivity index (χ1v) is 7.18. The average molecular weight is 305 g/mol. The minimum Gasteiger partial charge on any atom is -0.486 e. The van der Waals surface area contributed by atoms with Crippen LogP contribution in [0.3, 0.4) is 0 Å². The lowest BCUT2D eigenvalue weighted by Gasteiger charge is -2.19. The van der Waals surface area contributed by atoms with Gasteiger partial charge in [-0.25, -0.2) is 0 Å². The summed E-state index contributed by atoms with van der Waals surface area (Å²) in [7, 11) is 0. The smallest absolute Gasteiger partial charge is 0.305 e. The second-order valence-corrected chi connectivity index (χ2v) is 4.80. The molecule has 22 heavy (non-hydrogen) atoms. The Morgan fingerprint density at radius 2 is 2.00 bits per heavy atom. The first kappa shape index (κ1) is 15.9. The van der Waals surface area contributed by atoms with E-state index in [0.717, 1.165) is 5.56 Å². The molecule has 0 atom stereocenters. The van der Waals surface area contributed by atoms with Gasteiger partial charge in [-0.05, 0) is 30.7 Å². The number of carbonyl (C=O) groups is 2. The highest BCUT2D eigenvalue weighted by atomic mass is 16.6. The lowest BCUT2D eigenvalue weighted by molar-refractivity contribution is -0.137. The van der Waals surface area contributed by atoms with Crippen molar-refractivity contribution in [2.24, 2.45) is 0 Å². The molecule has 0 saturated heterocycles. The van der Waals surface area contributed by atoms with E-state index >= 15 is 0 Å². The van der Waals surface area contributed by atoms with Gasteiger partial charge in [0.2, 0.25) is 5.91 Å². The first-order chi connectivity index (χ1) is 10.6. The third kappa shape index (κ3) is 4.25. The molecule has 0 unspecified atom stereocenters. The number of ether oxygens (including phenoxy) is 2. The third-order valence-electron chi connectivity index (χ3n) is 3.27. The zero-order valence-electron chi connectivity index (χ0n) is 12.4. The van der Waals surface area contributed by atoms with Crippen LogP contribution in [0.15, 0.2) is 24.3 Å². The second kappa shape index (κ2) is 7.49. The van der Waals surface area contributed by atoms with Gasteiger partial charge in [0.15, 0.2) is 11.5 Å². The van der Waals surface area contributed by atoms with E-state index in [0.29, 0.717) is 31.3 Å². The van der Waals surface area contributed by atoms with E-state index in [2.05, 4.69) is 0 Å². The maximum absolute atomic E-state index is 12.0. The van der Waals surface area contributed by atoms with Crippen LogP contribution in [0.1, 0.15) is 18.9 Å². The molecule has 118 valence electrons. The Kier molecular flexibility index (Phi) is 5.41. The summed E-state index contributed by atoms with van der Waals surface area (Å²) in [4.78, 5) is 24.1. The Morgan fingerprint density at radius 1 is 1.27 bits per heavy atom. The molecule has 2 rings (SSSR count). The van der Waals surface area contributed by atoms with Gasteiger partial charge in [0.05, 0.1) is 6.42 Å². The Bertz CT molecular complexity index is 582. The fourth-order valence-electron chi connectivity index (χ4n) is 2.09. The van der Waals surface area contributed by atoms with Crippen molar-refractivity contribution in [2.75, 3.05) is 26.3 Å². The van der Waals surface area contributed by atoms with Crippen molar-refractivity contribution in [3.05, 3.63) is 29.8 Å². The van der Waals surface area contributed by atoms with Crippen LogP contribution in [0.5, 0.6) is 11.5 Å². The molecule has 1 heterocycles. The topological polar surface area (TPSA) is 76.1 Å². The van der Waals surface area contributed by atoms with Gasteiger partial charge >= 0.3 is 5.97 Å². The summed E-state index contributed by atoms with van der Waals surface area (Å²) in [5.41, 5.74) is 0.826. The van der Waals surface area contributed by atoms with Gasteiger partial charge in [0.25, 0.3) is 0 Å². The van der Waals surface area contributed by atoms with Crippen LogP contribution >= 0.6 is 0 Å². The zero-order valence-corrected chi connectivity index (χ0v) is 12.4. The Hall–Kier alpha value is -2.50. The molecular formula is C16H19NO5. The molecule has 0 aliphatic carbocycles. The minimum atomic E-state index is -0.915. The molecule has 0 saturated carbocycles. The number of carbonyl (C=O) groups excluding carboxylic acids is 1. The van der Waals surface area contributed by atoms with Crippen LogP contribution in [0.25, 0.3) is 6.08 Å². The normalized spacial score (nSPS) is 13.1. The molecule has 6 heteroatoms. The molecule has 0 aromatic heterocycles. The van der Waals surface area contributed by atoms with E-state index in [-0.39, 0.29) is 18.9 Å². The molecule has 0 spiro atoms. The molecule has 6 nitrogen and oxygen atoms in total. The Morgan fingerprint density at radius 3 is 2.68 bits per heavy atom. The number of fused-ring (bicyclic) bond motifs is 1. The standard InChI is InChI=1S/C16H19NO5/c1-2-17(8-7-16(19)20)15(18)6-4-12-3-5-13-14(11-12)22-10-9-21-13/h3-6,11H,2,7-10H2,1H3,(H,19,20). The van der Waals surface area contributed by atoms with Crippen molar-refractivity contribution in [1.29, 1.82) is 0 Å². The van der Waals surface area contributed by atoms with E-state index in [1.54, 1.807) is 12.1 Å². The summed E-state index contributed by atoms with van der Waals surface area (Å²) < 4.78 is 10.9. The van der Waals surface area contributed by atoms with Crippen molar-refractivity contribution in [2.45, 2.75) is 13.3 Å². The first-order valence-electron chi connectivity index (χ1n) is 7.18. The van der Waals surface area contributed by atoms with Crippen LogP contribution in [0.4, 0.5) is 0 Å². The predicted octanol–water partition coefficient (Wildman–Crippen LogP) is 1.79. The second-order valence-electron chi connectivity index (χ2n) is 4.80. The number of nitrogens with zero attached hydrogens (tertiary/aromatic N) is 1. The number of hydrogen-bond acceptors (Lipinski definition) is 4. The number of carboxylic acid groups (broad SMARTS) is 1. The number of amides is 1. The zero-order chi connectivity index (χ0) is 15.9. The van der Waals surface area contributed by atoms with Gasteiger partial charge < -0.3 is 19.5 Å².